The van der Waals surface area contributed by atoms with Gasteiger partial charge in [-0.1, -0.05) is 35.5 Å². The molecule has 5 nitrogen and oxygen atoms in total. The van der Waals surface area contributed by atoms with Crippen LogP contribution in [0.1, 0.15) is 21.8 Å². The number of nitrogens with zero attached hydrogens (tertiary/aromatic N) is 2. The molecule has 0 radical (unpaired) electrons. The van der Waals surface area contributed by atoms with E-state index in [9.17, 15) is 4.79 Å². The van der Waals surface area contributed by atoms with Crippen molar-refractivity contribution in [2.75, 3.05) is 26.2 Å². The second-order valence-electron chi connectivity index (χ2n) is 5.54. The number of piperazine rings is 1. The molecule has 1 aromatic heterocycles. The van der Waals surface area contributed by atoms with Gasteiger partial charge in [-0.3, -0.25) is 4.79 Å². The van der Waals surface area contributed by atoms with Crippen LogP contribution < -0.4 is 4.90 Å². The van der Waals surface area contributed by atoms with E-state index in [2.05, 4.69) is 29.4 Å². The van der Waals surface area contributed by atoms with Gasteiger partial charge in [0.1, 0.15) is 6.54 Å². The van der Waals surface area contributed by atoms with Gasteiger partial charge in [0.2, 0.25) is 5.76 Å². The molecule has 1 aliphatic rings. The molecular formula is C16H20N3O2+. The number of carbonyl (C=O) groups is 1. The van der Waals surface area contributed by atoms with Crippen LogP contribution in [0.15, 0.2) is 40.9 Å². The highest BCUT2D eigenvalue weighted by Gasteiger charge is 2.26. The first-order chi connectivity index (χ1) is 10.2. The van der Waals surface area contributed by atoms with Crippen molar-refractivity contribution in [3.05, 3.63) is 53.4 Å². The SMILES string of the molecule is Cc1cc(C(=O)N2CC[NH+](Cc3ccccc3)CC2)on1. The number of rotatable bonds is 3. The van der Waals surface area contributed by atoms with Gasteiger partial charge < -0.3 is 14.3 Å². The third-order valence-electron chi connectivity index (χ3n) is 3.89. The number of benzene rings is 1. The molecule has 1 aliphatic heterocycles. The predicted octanol–water partition coefficient (Wildman–Crippen LogP) is 0.524. The van der Waals surface area contributed by atoms with Gasteiger partial charge in [0.25, 0.3) is 5.91 Å². The Morgan fingerprint density at radius 3 is 2.62 bits per heavy atom. The summed E-state index contributed by atoms with van der Waals surface area (Å²) in [7, 11) is 0. The third-order valence-corrected chi connectivity index (χ3v) is 3.89. The summed E-state index contributed by atoms with van der Waals surface area (Å²) in [6, 6.07) is 12.2. The Morgan fingerprint density at radius 2 is 2.00 bits per heavy atom. The summed E-state index contributed by atoms with van der Waals surface area (Å²) in [5, 5.41) is 3.78. The van der Waals surface area contributed by atoms with Crippen molar-refractivity contribution in [2.45, 2.75) is 13.5 Å². The summed E-state index contributed by atoms with van der Waals surface area (Å²) < 4.78 is 5.05. The van der Waals surface area contributed by atoms with Crippen LogP contribution in [0.25, 0.3) is 0 Å². The van der Waals surface area contributed by atoms with E-state index < -0.39 is 0 Å². The number of aryl methyl sites for hydroxylation is 1. The minimum absolute atomic E-state index is 0.0469. The van der Waals surface area contributed by atoms with Gasteiger partial charge in [0.05, 0.1) is 31.9 Å². The first-order valence-corrected chi connectivity index (χ1v) is 7.32. The highest BCUT2D eigenvalue weighted by atomic mass is 16.5. The molecule has 0 aliphatic carbocycles. The minimum Gasteiger partial charge on any atom is -0.351 e. The molecule has 0 unspecified atom stereocenters. The summed E-state index contributed by atoms with van der Waals surface area (Å²) >= 11 is 0. The first kappa shape index (κ1) is 13.8. The Labute approximate surface area is 124 Å². The van der Waals surface area contributed by atoms with Crippen molar-refractivity contribution in [3.8, 4) is 0 Å². The van der Waals surface area contributed by atoms with Gasteiger partial charge in [-0.25, -0.2) is 0 Å². The van der Waals surface area contributed by atoms with Crippen LogP contribution in [0.4, 0.5) is 0 Å². The van der Waals surface area contributed by atoms with Crippen molar-refractivity contribution in [2.24, 2.45) is 0 Å². The van der Waals surface area contributed by atoms with Crippen LogP contribution in [-0.2, 0) is 6.54 Å². The Balaban J connectivity index is 1.54. The van der Waals surface area contributed by atoms with Crippen LogP contribution >= 0.6 is 0 Å². The first-order valence-electron chi connectivity index (χ1n) is 7.32. The molecule has 1 N–H and O–H groups in total. The van der Waals surface area contributed by atoms with Crippen LogP contribution in [0, 0.1) is 6.92 Å². The number of hydrogen-bond acceptors (Lipinski definition) is 3. The molecule has 2 aromatic rings. The molecule has 0 saturated carbocycles. The molecule has 1 saturated heterocycles. The standard InChI is InChI=1S/C16H19N3O2/c1-13-11-15(21-17-13)16(20)19-9-7-18(8-10-19)12-14-5-3-2-4-6-14/h2-6,11H,7-10,12H2,1H3/p+1. The van der Waals surface area contributed by atoms with Crippen LogP contribution in [0.5, 0.6) is 0 Å². The summed E-state index contributed by atoms with van der Waals surface area (Å²) in [4.78, 5) is 15.6. The fourth-order valence-electron chi connectivity index (χ4n) is 2.71. The molecule has 1 fully saturated rings. The minimum atomic E-state index is -0.0469. The topological polar surface area (TPSA) is 50.8 Å². The zero-order valence-electron chi connectivity index (χ0n) is 12.2. The number of nitrogens with one attached hydrogen (secondary N) is 1. The fraction of sp³-hybridized carbons (Fsp3) is 0.375. The molecule has 0 spiro atoms. The number of aromatic nitrogens is 1. The largest absolute Gasteiger partial charge is 0.351 e. The van der Waals surface area contributed by atoms with Crippen molar-refractivity contribution < 1.29 is 14.2 Å². The van der Waals surface area contributed by atoms with E-state index >= 15 is 0 Å². The Bertz CT molecular complexity index is 601. The average molecular weight is 286 g/mol. The van der Waals surface area contributed by atoms with E-state index in [-0.39, 0.29) is 5.91 Å². The number of quaternary nitrogens is 1. The van der Waals surface area contributed by atoms with Crippen LogP contribution in [-0.4, -0.2) is 42.1 Å². The monoisotopic (exact) mass is 286 g/mol. The second-order valence-corrected chi connectivity index (χ2v) is 5.54. The quantitative estimate of drug-likeness (QED) is 0.895. The van der Waals surface area contributed by atoms with Crippen molar-refractivity contribution in [1.29, 1.82) is 0 Å². The molecule has 1 aromatic carbocycles. The highest BCUT2D eigenvalue weighted by Crippen LogP contribution is 2.07. The molecule has 21 heavy (non-hydrogen) atoms. The van der Waals surface area contributed by atoms with Gasteiger partial charge >= 0.3 is 0 Å². The van der Waals surface area contributed by atoms with Gasteiger partial charge in [-0.15, -0.1) is 0 Å². The van der Waals surface area contributed by atoms with E-state index in [4.69, 9.17) is 4.52 Å². The molecular weight excluding hydrogens is 266 g/mol. The van der Waals surface area contributed by atoms with E-state index in [0.717, 1.165) is 38.4 Å². The van der Waals surface area contributed by atoms with Crippen molar-refractivity contribution >= 4 is 5.91 Å². The number of hydrogen-bond donors (Lipinski definition) is 1. The second kappa shape index (κ2) is 6.10. The lowest BCUT2D eigenvalue weighted by atomic mass is 10.2. The van der Waals surface area contributed by atoms with E-state index in [1.165, 1.54) is 10.5 Å². The number of amides is 1. The lowest BCUT2D eigenvalue weighted by Gasteiger charge is -2.31. The maximum absolute atomic E-state index is 12.3. The maximum atomic E-state index is 12.3. The van der Waals surface area contributed by atoms with E-state index in [1.807, 2.05) is 17.9 Å². The van der Waals surface area contributed by atoms with E-state index in [1.54, 1.807) is 6.07 Å². The van der Waals surface area contributed by atoms with Gasteiger partial charge in [-0.05, 0) is 6.92 Å². The van der Waals surface area contributed by atoms with Crippen molar-refractivity contribution in [1.82, 2.24) is 10.1 Å². The van der Waals surface area contributed by atoms with E-state index in [0.29, 0.717) is 5.76 Å². The summed E-state index contributed by atoms with van der Waals surface area (Å²) in [5.74, 6) is 0.299. The van der Waals surface area contributed by atoms with Crippen LogP contribution in [0.3, 0.4) is 0 Å². The van der Waals surface area contributed by atoms with Gasteiger partial charge in [0, 0.05) is 11.6 Å². The molecule has 110 valence electrons. The lowest BCUT2D eigenvalue weighted by molar-refractivity contribution is -0.917. The smallest absolute Gasteiger partial charge is 0.292 e. The third kappa shape index (κ3) is 3.31. The summed E-state index contributed by atoms with van der Waals surface area (Å²) in [6.07, 6.45) is 0. The highest BCUT2D eigenvalue weighted by molar-refractivity contribution is 5.91. The predicted molar refractivity (Wildman–Crippen MR) is 78.0 cm³/mol. The summed E-state index contributed by atoms with van der Waals surface area (Å²) in [5.41, 5.74) is 2.09. The zero-order valence-corrected chi connectivity index (χ0v) is 12.2. The van der Waals surface area contributed by atoms with Crippen LogP contribution in [0.2, 0.25) is 0 Å². The van der Waals surface area contributed by atoms with Gasteiger partial charge in [0.15, 0.2) is 0 Å². The molecule has 2 heterocycles. The Hall–Kier alpha value is -2.14. The lowest BCUT2D eigenvalue weighted by Crippen LogP contribution is -3.13. The summed E-state index contributed by atoms with van der Waals surface area (Å²) in [6.45, 7) is 6.30. The molecule has 0 atom stereocenters. The molecule has 3 rings (SSSR count). The normalized spacial score (nSPS) is 16.1. The maximum Gasteiger partial charge on any atom is 0.292 e. The number of carbonyl (C=O) groups excluding carboxylic acids is 1. The molecule has 5 heteroatoms. The average Bonchev–Trinajstić information content (AvgIpc) is 2.95. The Kier molecular flexibility index (Phi) is 4.01. The zero-order chi connectivity index (χ0) is 14.7. The van der Waals surface area contributed by atoms with Crippen molar-refractivity contribution in [3.63, 3.8) is 0 Å². The van der Waals surface area contributed by atoms with Gasteiger partial charge in [-0.2, -0.15) is 0 Å². The molecule has 1 amide bonds. The Morgan fingerprint density at radius 1 is 1.29 bits per heavy atom. The molecule has 0 bridgehead atoms. The fourth-order valence-corrected chi connectivity index (χ4v) is 2.71.